The summed E-state index contributed by atoms with van der Waals surface area (Å²) in [6, 6.07) is 9.97. The van der Waals surface area contributed by atoms with Gasteiger partial charge in [0.15, 0.2) is 5.82 Å². The lowest BCUT2D eigenvalue weighted by Gasteiger charge is -2.39. The van der Waals surface area contributed by atoms with Crippen molar-refractivity contribution >= 4 is 33.3 Å². The molecule has 0 saturated carbocycles. The Hall–Kier alpha value is -3.52. The Bertz CT molecular complexity index is 1270. The largest absolute Gasteiger partial charge is 0.573 e. The van der Waals surface area contributed by atoms with E-state index >= 15 is 0 Å². The lowest BCUT2D eigenvalue weighted by atomic mass is 9.77. The number of aromatic nitrogens is 4. The van der Waals surface area contributed by atoms with E-state index in [1.54, 1.807) is 18.3 Å². The van der Waals surface area contributed by atoms with Crippen LogP contribution in [0.1, 0.15) is 38.2 Å². The Balaban J connectivity index is 1.04. The molecule has 0 aliphatic carbocycles. The molecule has 2 aromatic heterocycles. The van der Waals surface area contributed by atoms with Crippen LogP contribution in [0.2, 0.25) is 0 Å². The molecular formula is C26H31F3N8O2S. The second kappa shape index (κ2) is 11.9. The Morgan fingerprint density at radius 2 is 1.85 bits per heavy atom. The van der Waals surface area contributed by atoms with Crippen molar-refractivity contribution < 1.29 is 22.7 Å². The molecule has 1 aromatic carbocycles. The molecule has 2 N–H and O–H groups in total. The molecule has 40 heavy (non-hydrogen) atoms. The standard InChI is InChI=1S/C26H31F3N8O2S/c1-25(9-13-36(14-10-25)16-18-4-6-20(7-5-18)39-26(27,28)29)15-22(38)32-24-35-34-23(40-24)31-19-8-12-37(17-19)21-3-2-11-30-33-21/h2-7,11,19H,8-10,12-17H2,1H3,(H,31,34)(H,32,35,38)/t19-/m1/s1. The third kappa shape index (κ3) is 7.78. The third-order valence-electron chi connectivity index (χ3n) is 7.28. The molecular weight excluding hydrogens is 545 g/mol. The lowest BCUT2D eigenvalue weighted by molar-refractivity contribution is -0.274. The predicted octanol–water partition coefficient (Wildman–Crippen LogP) is 4.55. The first-order valence-electron chi connectivity index (χ1n) is 13.1. The number of carbonyl (C=O) groups is 1. The SMILES string of the molecule is CC1(CC(=O)Nc2nnc(N[C@@H]3CCN(c4cccnn4)C3)s2)CCN(Cc2ccc(OC(F)(F)F)cc2)CC1. The highest BCUT2D eigenvalue weighted by molar-refractivity contribution is 7.19. The fourth-order valence-corrected chi connectivity index (χ4v) is 5.83. The number of rotatable bonds is 9. The quantitative estimate of drug-likeness (QED) is 0.379. The topological polar surface area (TPSA) is 108 Å². The van der Waals surface area contributed by atoms with Crippen molar-refractivity contribution in [2.75, 3.05) is 41.7 Å². The highest BCUT2D eigenvalue weighted by atomic mass is 32.1. The van der Waals surface area contributed by atoms with E-state index in [2.05, 4.69) is 52.5 Å². The van der Waals surface area contributed by atoms with Crippen LogP contribution in [-0.2, 0) is 11.3 Å². The van der Waals surface area contributed by atoms with E-state index in [-0.39, 0.29) is 23.1 Å². The van der Waals surface area contributed by atoms with Gasteiger partial charge >= 0.3 is 6.36 Å². The molecule has 2 fully saturated rings. The minimum atomic E-state index is -4.70. The average Bonchev–Trinajstić information content (AvgIpc) is 3.56. The number of nitrogens with one attached hydrogen (secondary N) is 2. The van der Waals surface area contributed by atoms with Crippen molar-refractivity contribution in [1.82, 2.24) is 25.3 Å². The fourth-order valence-electron chi connectivity index (χ4n) is 5.09. The van der Waals surface area contributed by atoms with Gasteiger partial charge in [0.1, 0.15) is 5.75 Å². The Morgan fingerprint density at radius 3 is 2.55 bits per heavy atom. The highest BCUT2D eigenvalue weighted by Crippen LogP contribution is 2.36. The zero-order valence-electron chi connectivity index (χ0n) is 22.0. The van der Waals surface area contributed by atoms with E-state index in [1.165, 1.54) is 23.5 Å². The van der Waals surface area contributed by atoms with Crippen LogP contribution >= 0.6 is 11.3 Å². The molecule has 0 unspecified atom stereocenters. The van der Waals surface area contributed by atoms with Crippen molar-refractivity contribution in [2.45, 2.75) is 51.6 Å². The first kappa shape index (κ1) is 28.0. The van der Waals surface area contributed by atoms with E-state index in [9.17, 15) is 18.0 Å². The number of halogens is 3. The van der Waals surface area contributed by atoms with Crippen LogP contribution in [-0.4, -0.2) is 69.8 Å². The van der Waals surface area contributed by atoms with Gasteiger partial charge in [-0.1, -0.05) is 30.4 Å². The second-order valence-electron chi connectivity index (χ2n) is 10.6. The first-order chi connectivity index (χ1) is 19.1. The number of carbonyl (C=O) groups excluding carboxylic acids is 1. The molecule has 2 saturated heterocycles. The molecule has 3 aromatic rings. The van der Waals surface area contributed by atoms with Gasteiger partial charge in [0.25, 0.3) is 0 Å². The zero-order chi connectivity index (χ0) is 28.2. The van der Waals surface area contributed by atoms with Crippen molar-refractivity contribution in [3.63, 3.8) is 0 Å². The number of anilines is 3. The number of likely N-dealkylation sites (tertiary alicyclic amines) is 1. The highest BCUT2D eigenvalue weighted by Gasteiger charge is 2.33. The molecule has 2 aliphatic rings. The van der Waals surface area contributed by atoms with E-state index in [1.807, 2.05) is 12.1 Å². The smallest absolute Gasteiger partial charge is 0.406 e. The van der Waals surface area contributed by atoms with Crippen molar-refractivity contribution in [2.24, 2.45) is 5.41 Å². The first-order valence-corrected chi connectivity index (χ1v) is 13.9. The molecule has 214 valence electrons. The number of benzene rings is 1. The lowest BCUT2D eigenvalue weighted by Crippen LogP contribution is -2.40. The summed E-state index contributed by atoms with van der Waals surface area (Å²) in [4.78, 5) is 17.2. The van der Waals surface area contributed by atoms with Crippen LogP contribution in [0.25, 0.3) is 0 Å². The molecule has 2 aliphatic heterocycles. The number of hydrogen-bond acceptors (Lipinski definition) is 10. The van der Waals surface area contributed by atoms with Crippen molar-refractivity contribution in [3.05, 3.63) is 48.2 Å². The summed E-state index contributed by atoms with van der Waals surface area (Å²) in [5.74, 6) is 0.536. The molecule has 1 atom stereocenters. The third-order valence-corrected chi connectivity index (χ3v) is 8.05. The van der Waals surface area contributed by atoms with Crippen LogP contribution in [0.3, 0.4) is 0 Å². The summed E-state index contributed by atoms with van der Waals surface area (Å²) in [6.45, 7) is 6.00. The summed E-state index contributed by atoms with van der Waals surface area (Å²) in [6.07, 6.45) is -0.0575. The van der Waals surface area contributed by atoms with Gasteiger partial charge in [0.05, 0.1) is 0 Å². The molecule has 5 rings (SSSR count). The predicted molar refractivity (Wildman–Crippen MR) is 145 cm³/mol. The molecule has 4 heterocycles. The van der Waals surface area contributed by atoms with Crippen LogP contribution in [0.15, 0.2) is 42.6 Å². The monoisotopic (exact) mass is 576 g/mol. The number of piperidine rings is 1. The van der Waals surface area contributed by atoms with E-state index < -0.39 is 6.36 Å². The summed E-state index contributed by atoms with van der Waals surface area (Å²) in [5.41, 5.74) is 0.764. The van der Waals surface area contributed by atoms with Gasteiger partial charge in [-0.15, -0.1) is 28.5 Å². The van der Waals surface area contributed by atoms with E-state index in [4.69, 9.17) is 0 Å². The number of ether oxygens (including phenoxy) is 1. The molecule has 10 nitrogen and oxygen atoms in total. The average molecular weight is 577 g/mol. The van der Waals surface area contributed by atoms with Crippen LogP contribution in [0, 0.1) is 5.41 Å². The summed E-state index contributed by atoms with van der Waals surface area (Å²) < 4.78 is 41.0. The second-order valence-corrected chi connectivity index (χ2v) is 11.6. The van der Waals surface area contributed by atoms with Gasteiger partial charge in [-0.3, -0.25) is 9.69 Å². The molecule has 0 spiro atoms. The number of nitrogens with zero attached hydrogens (tertiary/aromatic N) is 6. The van der Waals surface area contributed by atoms with Crippen molar-refractivity contribution in [3.8, 4) is 5.75 Å². The van der Waals surface area contributed by atoms with Gasteiger partial charge in [-0.25, -0.2) is 0 Å². The van der Waals surface area contributed by atoms with Crippen LogP contribution < -0.4 is 20.3 Å². The Labute approximate surface area is 233 Å². The molecule has 0 radical (unpaired) electrons. The van der Waals surface area contributed by atoms with Crippen LogP contribution in [0.4, 0.5) is 29.3 Å². The maximum absolute atomic E-state index is 12.8. The molecule has 0 bridgehead atoms. The minimum absolute atomic E-state index is 0.0893. The maximum atomic E-state index is 12.8. The van der Waals surface area contributed by atoms with Gasteiger partial charge in [0.2, 0.25) is 16.2 Å². The van der Waals surface area contributed by atoms with Gasteiger partial charge in [-0.05, 0) is 67.6 Å². The Morgan fingerprint density at radius 1 is 1.10 bits per heavy atom. The van der Waals surface area contributed by atoms with E-state index in [0.29, 0.717) is 23.2 Å². The number of amides is 1. The minimum Gasteiger partial charge on any atom is -0.406 e. The van der Waals surface area contributed by atoms with Crippen molar-refractivity contribution in [1.29, 1.82) is 0 Å². The van der Waals surface area contributed by atoms with E-state index in [0.717, 1.165) is 56.8 Å². The summed E-state index contributed by atoms with van der Waals surface area (Å²) in [7, 11) is 0. The van der Waals surface area contributed by atoms with Gasteiger partial charge in [-0.2, -0.15) is 5.10 Å². The zero-order valence-corrected chi connectivity index (χ0v) is 22.8. The number of hydrogen-bond donors (Lipinski definition) is 2. The van der Waals surface area contributed by atoms with Crippen LogP contribution in [0.5, 0.6) is 5.75 Å². The summed E-state index contributed by atoms with van der Waals surface area (Å²) in [5, 5.41) is 23.9. The maximum Gasteiger partial charge on any atom is 0.573 e. The Kier molecular flexibility index (Phi) is 8.35. The van der Waals surface area contributed by atoms with Gasteiger partial charge < -0.3 is 20.3 Å². The fraction of sp³-hybridized carbons (Fsp3) is 0.500. The normalized spacial score (nSPS) is 19.4. The number of alkyl halides is 3. The van der Waals surface area contributed by atoms with Gasteiger partial charge in [0, 0.05) is 38.3 Å². The summed E-state index contributed by atoms with van der Waals surface area (Å²) >= 11 is 1.32. The molecule has 1 amide bonds. The molecule has 14 heteroatoms.